The zero-order valence-electron chi connectivity index (χ0n) is 9.86. The lowest BCUT2D eigenvalue weighted by atomic mass is 10.1. The van der Waals surface area contributed by atoms with Crippen molar-refractivity contribution < 1.29 is 0 Å². The van der Waals surface area contributed by atoms with E-state index in [0.29, 0.717) is 5.11 Å². The molecule has 0 heterocycles. The van der Waals surface area contributed by atoms with Gasteiger partial charge in [-0.15, -0.1) is 0 Å². The Labute approximate surface area is 111 Å². The minimum absolute atomic E-state index is 0.690. The van der Waals surface area contributed by atoms with Crippen molar-refractivity contribution in [2.24, 2.45) is 0 Å². The van der Waals surface area contributed by atoms with Crippen LogP contribution in [0.25, 0.3) is 0 Å². The minimum Gasteiger partial charge on any atom is -0.362 e. The van der Waals surface area contributed by atoms with Crippen LogP contribution in [0, 0.1) is 13.8 Å². The highest BCUT2D eigenvalue weighted by atomic mass is 79.9. The van der Waals surface area contributed by atoms with Gasteiger partial charge in [0.2, 0.25) is 0 Å². The highest BCUT2D eigenvalue weighted by molar-refractivity contribution is 9.10. The van der Waals surface area contributed by atoms with Crippen LogP contribution >= 0.6 is 28.1 Å². The topological polar surface area (TPSA) is 24.1 Å². The highest BCUT2D eigenvalue weighted by Gasteiger charge is 2.05. The van der Waals surface area contributed by atoms with Crippen LogP contribution in [0.15, 0.2) is 16.6 Å². The number of thiocarbonyl (C=S) groups is 1. The Hall–Kier alpha value is -0.610. The van der Waals surface area contributed by atoms with Gasteiger partial charge in [0.1, 0.15) is 0 Å². The molecular formula is C12H17BrN2S. The Morgan fingerprint density at radius 2 is 1.88 bits per heavy atom. The zero-order valence-corrected chi connectivity index (χ0v) is 12.3. The van der Waals surface area contributed by atoms with Crippen LogP contribution in [0.5, 0.6) is 0 Å². The monoisotopic (exact) mass is 300 g/mol. The molecule has 0 saturated carbocycles. The minimum atomic E-state index is 0.690. The van der Waals surface area contributed by atoms with Crippen molar-refractivity contribution in [1.29, 1.82) is 0 Å². The largest absolute Gasteiger partial charge is 0.362 e. The molecule has 0 radical (unpaired) electrons. The van der Waals surface area contributed by atoms with Crippen LogP contribution in [0.4, 0.5) is 5.69 Å². The molecule has 0 aliphatic heterocycles. The van der Waals surface area contributed by atoms with Gasteiger partial charge in [-0.25, -0.2) is 0 Å². The lowest BCUT2D eigenvalue weighted by Crippen LogP contribution is -2.29. The first-order chi connectivity index (χ1) is 7.54. The van der Waals surface area contributed by atoms with Crippen LogP contribution in [-0.2, 0) is 0 Å². The number of rotatable bonds is 3. The van der Waals surface area contributed by atoms with Crippen molar-refractivity contribution in [2.75, 3.05) is 11.9 Å². The average Bonchev–Trinajstić information content (AvgIpc) is 2.20. The Morgan fingerprint density at radius 1 is 1.31 bits per heavy atom. The van der Waals surface area contributed by atoms with Gasteiger partial charge in [-0.3, -0.25) is 0 Å². The van der Waals surface area contributed by atoms with E-state index in [9.17, 15) is 0 Å². The molecular weight excluding hydrogens is 284 g/mol. The van der Waals surface area contributed by atoms with Gasteiger partial charge in [0.15, 0.2) is 5.11 Å². The maximum atomic E-state index is 5.22. The third kappa shape index (κ3) is 3.76. The van der Waals surface area contributed by atoms with E-state index in [1.165, 1.54) is 11.1 Å². The first kappa shape index (κ1) is 13.5. The summed E-state index contributed by atoms with van der Waals surface area (Å²) in [7, 11) is 0. The predicted octanol–water partition coefficient (Wildman–Crippen LogP) is 3.76. The smallest absolute Gasteiger partial charge is 0.170 e. The molecule has 0 aliphatic rings. The summed E-state index contributed by atoms with van der Waals surface area (Å²) in [4.78, 5) is 0. The van der Waals surface area contributed by atoms with Crippen LogP contribution in [0.1, 0.15) is 24.5 Å². The van der Waals surface area contributed by atoms with E-state index in [-0.39, 0.29) is 0 Å². The van der Waals surface area contributed by atoms with Crippen LogP contribution in [0.2, 0.25) is 0 Å². The molecule has 0 bridgehead atoms. The van der Waals surface area contributed by atoms with Crippen molar-refractivity contribution in [2.45, 2.75) is 27.2 Å². The molecule has 1 aromatic rings. The normalized spacial score (nSPS) is 10.0. The third-order valence-electron chi connectivity index (χ3n) is 2.27. The summed E-state index contributed by atoms with van der Waals surface area (Å²) in [6, 6.07) is 4.16. The summed E-state index contributed by atoms with van der Waals surface area (Å²) in [5, 5.41) is 7.09. The fourth-order valence-electron chi connectivity index (χ4n) is 1.50. The molecule has 0 spiro atoms. The van der Waals surface area contributed by atoms with Gasteiger partial charge < -0.3 is 10.6 Å². The van der Waals surface area contributed by atoms with Gasteiger partial charge in [0, 0.05) is 16.7 Å². The summed E-state index contributed by atoms with van der Waals surface area (Å²) in [5.41, 5.74) is 3.47. The molecule has 88 valence electrons. The van der Waals surface area contributed by atoms with E-state index >= 15 is 0 Å². The Kier molecular flexibility index (Phi) is 5.22. The molecule has 1 rings (SSSR count). The highest BCUT2D eigenvalue weighted by Crippen LogP contribution is 2.24. The molecule has 0 aliphatic carbocycles. The first-order valence-corrected chi connectivity index (χ1v) is 6.56. The Bertz CT molecular complexity index is 368. The summed E-state index contributed by atoms with van der Waals surface area (Å²) in [6.45, 7) is 7.16. The lowest BCUT2D eigenvalue weighted by Gasteiger charge is -2.14. The standard InChI is InChI=1S/C12H17BrN2S/c1-4-5-14-12(16)15-11-8(2)6-10(13)7-9(11)3/h6-7H,4-5H2,1-3H3,(H2,14,15,16). The first-order valence-electron chi connectivity index (χ1n) is 5.36. The van der Waals surface area contributed by atoms with E-state index in [0.717, 1.165) is 23.1 Å². The Morgan fingerprint density at radius 3 is 2.38 bits per heavy atom. The van der Waals surface area contributed by atoms with Gasteiger partial charge in [0.05, 0.1) is 0 Å². The van der Waals surface area contributed by atoms with E-state index in [1.54, 1.807) is 0 Å². The fourth-order valence-corrected chi connectivity index (χ4v) is 2.39. The SMILES string of the molecule is CCCNC(=S)Nc1c(C)cc(Br)cc1C. The molecule has 2 N–H and O–H groups in total. The summed E-state index contributed by atoms with van der Waals surface area (Å²) >= 11 is 8.70. The number of aryl methyl sites for hydroxylation is 2. The zero-order chi connectivity index (χ0) is 12.1. The third-order valence-corrected chi connectivity index (χ3v) is 2.98. The number of halogens is 1. The number of nitrogens with one attached hydrogen (secondary N) is 2. The average molecular weight is 301 g/mol. The van der Waals surface area contributed by atoms with Crippen molar-refractivity contribution in [3.8, 4) is 0 Å². The quantitative estimate of drug-likeness (QED) is 0.831. The number of benzene rings is 1. The van der Waals surface area contributed by atoms with Crippen LogP contribution < -0.4 is 10.6 Å². The molecule has 4 heteroatoms. The van der Waals surface area contributed by atoms with Crippen molar-refractivity contribution in [1.82, 2.24) is 5.32 Å². The van der Waals surface area contributed by atoms with Gasteiger partial charge >= 0.3 is 0 Å². The molecule has 0 unspecified atom stereocenters. The van der Waals surface area contributed by atoms with Crippen LogP contribution in [-0.4, -0.2) is 11.7 Å². The van der Waals surface area contributed by atoms with Crippen molar-refractivity contribution in [3.05, 3.63) is 27.7 Å². The fraction of sp³-hybridized carbons (Fsp3) is 0.417. The molecule has 0 amide bonds. The molecule has 16 heavy (non-hydrogen) atoms. The van der Waals surface area contributed by atoms with Gasteiger partial charge in [-0.1, -0.05) is 22.9 Å². The maximum absolute atomic E-state index is 5.22. The molecule has 0 saturated heterocycles. The van der Waals surface area contributed by atoms with Gasteiger partial charge in [-0.2, -0.15) is 0 Å². The van der Waals surface area contributed by atoms with E-state index in [2.05, 4.69) is 59.5 Å². The second-order valence-electron chi connectivity index (χ2n) is 3.80. The van der Waals surface area contributed by atoms with E-state index in [1.807, 2.05) is 0 Å². The molecule has 0 aromatic heterocycles. The second kappa shape index (κ2) is 6.21. The molecule has 1 aromatic carbocycles. The van der Waals surface area contributed by atoms with Gasteiger partial charge in [0.25, 0.3) is 0 Å². The van der Waals surface area contributed by atoms with E-state index < -0.39 is 0 Å². The summed E-state index contributed by atoms with van der Waals surface area (Å²) in [5.74, 6) is 0. The summed E-state index contributed by atoms with van der Waals surface area (Å²) in [6.07, 6.45) is 1.07. The molecule has 0 fully saturated rings. The van der Waals surface area contributed by atoms with E-state index in [4.69, 9.17) is 12.2 Å². The Balaban J connectivity index is 2.77. The summed E-state index contributed by atoms with van der Waals surface area (Å²) < 4.78 is 1.10. The van der Waals surface area contributed by atoms with Crippen molar-refractivity contribution >= 4 is 38.9 Å². The molecule has 2 nitrogen and oxygen atoms in total. The number of hydrogen-bond donors (Lipinski definition) is 2. The van der Waals surface area contributed by atoms with Crippen molar-refractivity contribution in [3.63, 3.8) is 0 Å². The molecule has 0 atom stereocenters. The lowest BCUT2D eigenvalue weighted by molar-refractivity contribution is 0.846. The maximum Gasteiger partial charge on any atom is 0.170 e. The second-order valence-corrected chi connectivity index (χ2v) is 5.12. The van der Waals surface area contributed by atoms with Gasteiger partial charge in [-0.05, 0) is 55.7 Å². The predicted molar refractivity (Wildman–Crippen MR) is 78.1 cm³/mol. The number of hydrogen-bond acceptors (Lipinski definition) is 1. The number of anilines is 1. The van der Waals surface area contributed by atoms with Crippen LogP contribution in [0.3, 0.4) is 0 Å².